The summed E-state index contributed by atoms with van der Waals surface area (Å²) in [6.45, 7) is 1.43. The van der Waals surface area contributed by atoms with Gasteiger partial charge in [-0.3, -0.25) is 0 Å². The Morgan fingerprint density at radius 1 is 1.27 bits per heavy atom. The second kappa shape index (κ2) is 5.19. The molecule has 0 bridgehead atoms. The maximum Gasteiger partial charge on any atom is 0.391 e. The lowest BCUT2D eigenvalue weighted by Gasteiger charge is -2.17. The summed E-state index contributed by atoms with van der Waals surface area (Å²) in [5.41, 5.74) is 0. The molecule has 1 aliphatic rings. The van der Waals surface area contributed by atoms with Crippen LogP contribution < -0.4 is 0 Å². The molecule has 1 N–H and O–H groups in total. The highest BCUT2D eigenvalue weighted by atomic mass is 19.4. The number of hydrogen-bond donors (Lipinski definition) is 1. The molecule has 0 aromatic carbocycles. The van der Waals surface area contributed by atoms with Crippen LogP contribution in [0, 0.1) is 17.8 Å². The molecule has 90 valence electrons. The number of halogens is 3. The summed E-state index contributed by atoms with van der Waals surface area (Å²) in [6, 6.07) is 0. The highest BCUT2D eigenvalue weighted by Gasteiger charge is 2.36. The van der Waals surface area contributed by atoms with Gasteiger partial charge in [0.25, 0.3) is 0 Å². The Kier molecular flexibility index (Phi) is 4.44. The van der Waals surface area contributed by atoms with Gasteiger partial charge >= 0.3 is 6.18 Å². The first-order valence-electron chi connectivity index (χ1n) is 5.61. The zero-order valence-corrected chi connectivity index (χ0v) is 9.06. The van der Waals surface area contributed by atoms with Crippen molar-refractivity contribution in [2.45, 2.75) is 45.2 Å². The SMILES string of the molecule is CC(CCC1CCC(CO)C1)C(F)(F)F. The van der Waals surface area contributed by atoms with Gasteiger partial charge in [-0.25, -0.2) is 0 Å². The summed E-state index contributed by atoms with van der Waals surface area (Å²) >= 11 is 0. The maximum absolute atomic E-state index is 12.2. The molecular weight excluding hydrogens is 205 g/mol. The first-order chi connectivity index (χ1) is 6.93. The van der Waals surface area contributed by atoms with Gasteiger partial charge in [-0.2, -0.15) is 13.2 Å². The second-order valence-electron chi connectivity index (χ2n) is 4.75. The van der Waals surface area contributed by atoms with E-state index in [1.165, 1.54) is 6.92 Å². The molecule has 1 nitrogen and oxygen atoms in total. The molecule has 0 spiro atoms. The minimum absolute atomic E-state index is 0.186. The highest BCUT2D eigenvalue weighted by molar-refractivity contribution is 4.76. The quantitative estimate of drug-likeness (QED) is 0.776. The molecule has 0 aromatic heterocycles. The summed E-state index contributed by atoms with van der Waals surface area (Å²) in [7, 11) is 0. The molecule has 0 saturated heterocycles. The van der Waals surface area contributed by atoms with Crippen molar-refractivity contribution in [3.05, 3.63) is 0 Å². The molecule has 0 aromatic rings. The monoisotopic (exact) mass is 224 g/mol. The Balaban J connectivity index is 2.21. The summed E-state index contributed by atoms with van der Waals surface area (Å²) in [6.07, 6.45) is -0.309. The number of aliphatic hydroxyl groups is 1. The topological polar surface area (TPSA) is 20.2 Å². The Morgan fingerprint density at radius 2 is 1.87 bits per heavy atom. The molecule has 1 saturated carbocycles. The fourth-order valence-electron chi connectivity index (χ4n) is 2.26. The standard InChI is InChI=1S/C11H19F3O/c1-8(11(12,13)14)2-3-9-4-5-10(6-9)7-15/h8-10,15H,2-7H2,1H3. The molecule has 0 amide bonds. The zero-order valence-electron chi connectivity index (χ0n) is 9.06. The van der Waals surface area contributed by atoms with Crippen LogP contribution in [0.5, 0.6) is 0 Å². The fraction of sp³-hybridized carbons (Fsp3) is 1.00. The normalized spacial score (nSPS) is 29.4. The molecule has 1 aliphatic carbocycles. The summed E-state index contributed by atoms with van der Waals surface area (Å²) in [5, 5.41) is 8.91. The molecule has 15 heavy (non-hydrogen) atoms. The van der Waals surface area contributed by atoms with E-state index in [0.29, 0.717) is 18.3 Å². The van der Waals surface area contributed by atoms with Crippen LogP contribution >= 0.6 is 0 Å². The molecule has 1 rings (SSSR count). The van der Waals surface area contributed by atoms with Crippen LogP contribution in [0.3, 0.4) is 0 Å². The average Bonchev–Trinajstić information content (AvgIpc) is 2.60. The molecule has 3 atom stereocenters. The van der Waals surface area contributed by atoms with E-state index >= 15 is 0 Å². The van der Waals surface area contributed by atoms with E-state index in [1.54, 1.807) is 0 Å². The van der Waals surface area contributed by atoms with Gasteiger partial charge < -0.3 is 5.11 Å². The van der Waals surface area contributed by atoms with Crippen molar-refractivity contribution in [3.8, 4) is 0 Å². The maximum atomic E-state index is 12.2. The van der Waals surface area contributed by atoms with Gasteiger partial charge in [0.1, 0.15) is 0 Å². The van der Waals surface area contributed by atoms with Crippen LogP contribution in [0.15, 0.2) is 0 Å². The van der Waals surface area contributed by atoms with Crippen LogP contribution in [0.2, 0.25) is 0 Å². The lowest BCUT2D eigenvalue weighted by atomic mass is 9.94. The number of rotatable bonds is 4. The van der Waals surface area contributed by atoms with E-state index in [0.717, 1.165) is 19.3 Å². The third-order valence-corrected chi connectivity index (χ3v) is 3.47. The summed E-state index contributed by atoms with van der Waals surface area (Å²) in [4.78, 5) is 0. The predicted octanol–water partition coefficient (Wildman–Crippen LogP) is 3.37. The first kappa shape index (κ1) is 12.8. The smallest absolute Gasteiger partial charge is 0.391 e. The molecule has 3 unspecified atom stereocenters. The average molecular weight is 224 g/mol. The number of alkyl halides is 3. The minimum Gasteiger partial charge on any atom is -0.396 e. The Bertz CT molecular complexity index is 191. The number of hydrogen-bond acceptors (Lipinski definition) is 1. The molecule has 4 heteroatoms. The minimum atomic E-state index is -4.05. The first-order valence-corrected chi connectivity index (χ1v) is 5.61. The van der Waals surface area contributed by atoms with Gasteiger partial charge in [-0.15, -0.1) is 0 Å². The third kappa shape index (κ3) is 4.01. The predicted molar refractivity (Wildman–Crippen MR) is 52.4 cm³/mol. The fourth-order valence-corrected chi connectivity index (χ4v) is 2.26. The van der Waals surface area contributed by atoms with E-state index in [4.69, 9.17) is 5.11 Å². The number of aliphatic hydroxyl groups excluding tert-OH is 1. The van der Waals surface area contributed by atoms with Crippen LogP contribution in [0.1, 0.15) is 39.0 Å². The van der Waals surface area contributed by atoms with E-state index in [-0.39, 0.29) is 13.0 Å². The Labute approximate surface area is 88.7 Å². The molecule has 0 radical (unpaired) electrons. The largest absolute Gasteiger partial charge is 0.396 e. The molecule has 0 heterocycles. The van der Waals surface area contributed by atoms with Gasteiger partial charge in [0.15, 0.2) is 0 Å². The van der Waals surface area contributed by atoms with E-state index in [1.807, 2.05) is 0 Å². The van der Waals surface area contributed by atoms with Crippen molar-refractivity contribution in [1.82, 2.24) is 0 Å². The highest BCUT2D eigenvalue weighted by Crippen LogP contribution is 2.37. The van der Waals surface area contributed by atoms with Crippen molar-refractivity contribution in [2.75, 3.05) is 6.61 Å². The van der Waals surface area contributed by atoms with Gasteiger partial charge in [-0.05, 0) is 37.5 Å². The zero-order chi connectivity index (χ0) is 11.5. The van der Waals surface area contributed by atoms with Crippen molar-refractivity contribution >= 4 is 0 Å². The second-order valence-corrected chi connectivity index (χ2v) is 4.75. The lowest BCUT2D eigenvalue weighted by Crippen LogP contribution is -2.20. The van der Waals surface area contributed by atoms with Crippen molar-refractivity contribution in [2.24, 2.45) is 17.8 Å². The summed E-state index contributed by atoms with van der Waals surface area (Å²) < 4.78 is 36.7. The van der Waals surface area contributed by atoms with E-state index < -0.39 is 12.1 Å². The van der Waals surface area contributed by atoms with Crippen molar-refractivity contribution in [3.63, 3.8) is 0 Å². The Morgan fingerprint density at radius 3 is 2.33 bits per heavy atom. The van der Waals surface area contributed by atoms with Gasteiger partial charge in [-0.1, -0.05) is 13.3 Å². The molecular formula is C11H19F3O. The Hall–Kier alpha value is -0.250. The lowest BCUT2D eigenvalue weighted by molar-refractivity contribution is -0.171. The molecule has 1 fully saturated rings. The van der Waals surface area contributed by atoms with Crippen LogP contribution in [0.25, 0.3) is 0 Å². The summed E-state index contributed by atoms with van der Waals surface area (Å²) in [5.74, 6) is -0.464. The van der Waals surface area contributed by atoms with Crippen LogP contribution in [-0.2, 0) is 0 Å². The third-order valence-electron chi connectivity index (χ3n) is 3.47. The van der Waals surface area contributed by atoms with Crippen molar-refractivity contribution in [1.29, 1.82) is 0 Å². The van der Waals surface area contributed by atoms with Gasteiger partial charge in [0, 0.05) is 6.61 Å². The van der Waals surface area contributed by atoms with E-state index in [2.05, 4.69) is 0 Å². The van der Waals surface area contributed by atoms with Crippen molar-refractivity contribution < 1.29 is 18.3 Å². The van der Waals surface area contributed by atoms with Gasteiger partial charge in [0.05, 0.1) is 5.92 Å². The molecule has 0 aliphatic heterocycles. The van der Waals surface area contributed by atoms with Gasteiger partial charge in [0.2, 0.25) is 0 Å². The van der Waals surface area contributed by atoms with Crippen LogP contribution in [-0.4, -0.2) is 17.9 Å². The van der Waals surface area contributed by atoms with Crippen LogP contribution in [0.4, 0.5) is 13.2 Å². The van der Waals surface area contributed by atoms with E-state index in [9.17, 15) is 13.2 Å².